The minimum Gasteiger partial charge on any atom is -0.462 e. The van der Waals surface area contributed by atoms with Gasteiger partial charge in [-0.15, -0.1) is 0 Å². The standard InChI is InChI=1S/C57H96O6/c1-4-7-10-13-16-19-22-25-27-28-30-32-35-38-41-44-47-50-56(59)62-53-54(52-61-55(58)49-46-43-40-37-34-31-24-21-18-15-12-9-6-3)63-57(60)51-48-45-42-39-36-33-29-26-23-20-17-14-11-8-5-2/h9,12,16-21,25-27,29,31,34,54H,4-8,10-11,13-15,22-24,28,30,32-33,35-53H2,1-3H3/b12-9-,19-16-,20-17-,21-18-,27-25-,29-26-,34-31-. The van der Waals surface area contributed by atoms with Gasteiger partial charge < -0.3 is 14.2 Å². The second kappa shape index (κ2) is 51.2. The molecule has 0 N–H and O–H groups in total. The van der Waals surface area contributed by atoms with E-state index in [4.69, 9.17) is 14.2 Å². The molecule has 0 aromatic rings. The van der Waals surface area contributed by atoms with Crippen LogP contribution in [0.1, 0.15) is 239 Å². The van der Waals surface area contributed by atoms with Gasteiger partial charge >= 0.3 is 17.9 Å². The normalized spacial score (nSPS) is 12.7. The minimum atomic E-state index is -0.799. The first kappa shape index (κ1) is 59.6. The molecule has 0 aliphatic carbocycles. The van der Waals surface area contributed by atoms with Crippen LogP contribution in [0.4, 0.5) is 0 Å². The maximum Gasteiger partial charge on any atom is 0.306 e. The number of ether oxygens (including phenoxy) is 3. The molecule has 0 saturated heterocycles. The van der Waals surface area contributed by atoms with Gasteiger partial charge in [0.15, 0.2) is 6.10 Å². The summed E-state index contributed by atoms with van der Waals surface area (Å²) in [5.74, 6) is -0.949. The van der Waals surface area contributed by atoms with E-state index >= 15 is 0 Å². The molecule has 0 spiro atoms. The molecule has 360 valence electrons. The molecule has 63 heavy (non-hydrogen) atoms. The smallest absolute Gasteiger partial charge is 0.306 e. The fraction of sp³-hybridized carbons (Fsp3) is 0.702. The summed E-state index contributed by atoms with van der Waals surface area (Å²) in [4.78, 5) is 38.0. The van der Waals surface area contributed by atoms with E-state index < -0.39 is 6.10 Å². The third-order valence-electron chi connectivity index (χ3n) is 10.9. The number of esters is 3. The molecule has 0 radical (unpaired) electrons. The highest BCUT2D eigenvalue weighted by Crippen LogP contribution is 2.13. The summed E-state index contributed by atoms with van der Waals surface area (Å²) in [5.41, 5.74) is 0. The largest absolute Gasteiger partial charge is 0.462 e. The monoisotopic (exact) mass is 877 g/mol. The number of carbonyl (C=O) groups excluding carboxylic acids is 3. The van der Waals surface area contributed by atoms with Crippen molar-refractivity contribution in [2.24, 2.45) is 0 Å². The molecule has 0 amide bonds. The van der Waals surface area contributed by atoms with Crippen LogP contribution in [0.3, 0.4) is 0 Å². The van der Waals surface area contributed by atoms with Crippen LogP contribution < -0.4 is 0 Å². The van der Waals surface area contributed by atoms with Crippen LogP contribution in [0, 0.1) is 0 Å². The van der Waals surface area contributed by atoms with E-state index in [1.807, 2.05) is 0 Å². The first-order chi connectivity index (χ1) is 31.0. The zero-order valence-corrected chi connectivity index (χ0v) is 41.1. The Hall–Kier alpha value is -3.41. The van der Waals surface area contributed by atoms with Crippen molar-refractivity contribution in [3.8, 4) is 0 Å². The molecule has 0 aliphatic rings. The Kier molecular flexibility index (Phi) is 48.5. The molecule has 1 atom stereocenters. The van der Waals surface area contributed by atoms with Crippen LogP contribution in [-0.2, 0) is 28.6 Å². The Morgan fingerprint density at radius 2 is 0.619 bits per heavy atom. The highest BCUT2D eigenvalue weighted by atomic mass is 16.6. The lowest BCUT2D eigenvalue weighted by Crippen LogP contribution is -2.30. The van der Waals surface area contributed by atoms with Crippen molar-refractivity contribution >= 4 is 17.9 Å². The average molecular weight is 877 g/mol. The number of rotatable bonds is 46. The summed E-state index contributed by atoms with van der Waals surface area (Å²) in [7, 11) is 0. The van der Waals surface area contributed by atoms with Gasteiger partial charge in [-0.05, 0) is 116 Å². The zero-order chi connectivity index (χ0) is 45.8. The van der Waals surface area contributed by atoms with Gasteiger partial charge in [-0.25, -0.2) is 0 Å². The quantitative estimate of drug-likeness (QED) is 0.0262. The summed E-state index contributed by atoms with van der Waals surface area (Å²) in [6.07, 6.45) is 65.6. The third-order valence-corrected chi connectivity index (χ3v) is 10.9. The summed E-state index contributed by atoms with van der Waals surface area (Å²) >= 11 is 0. The van der Waals surface area contributed by atoms with E-state index in [9.17, 15) is 14.4 Å². The molecule has 6 nitrogen and oxygen atoms in total. The van der Waals surface area contributed by atoms with Crippen molar-refractivity contribution in [1.29, 1.82) is 0 Å². The maximum absolute atomic E-state index is 12.8. The lowest BCUT2D eigenvalue weighted by atomic mass is 10.1. The number of allylic oxidation sites excluding steroid dienone is 14. The number of unbranched alkanes of at least 4 members (excludes halogenated alkanes) is 21. The predicted molar refractivity (Wildman–Crippen MR) is 270 cm³/mol. The summed E-state index contributed by atoms with van der Waals surface area (Å²) in [6, 6.07) is 0. The molecule has 0 heterocycles. The van der Waals surface area contributed by atoms with Crippen LogP contribution >= 0.6 is 0 Å². The van der Waals surface area contributed by atoms with E-state index in [2.05, 4.69) is 106 Å². The minimum absolute atomic E-state index is 0.0966. The van der Waals surface area contributed by atoms with E-state index in [0.29, 0.717) is 19.3 Å². The van der Waals surface area contributed by atoms with Gasteiger partial charge in [0.25, 0.3) is 0 Å². The second-order valence-corrected chi connectivity index (χ2v) is 17.0. The van der Waals surface area contributed by atoms with Crippen LogP contribution in [0.25, 0.3) is 0 Å². The molecule has 1 unspecified atom stereocenters. The third kappa shape index (κ3) is 49.5. The van der Waals surface area contributed by atoms with Crippen molar-refractivity contribution in [3.63, 3.8) is 0 Å². The Labute approximate surface area is 388 Å². The van der Waals surface area contributed by atoms with Crippen molar-refractivity contribution < 1.29 is 28.6 Å². The molecule has 0 fully saturated rings. The molecular weight excluding hydrogens is 781 g/mol. The van der Waals surface area contributed by atoms with Gasteiger partial charge in [0, 0.05) is 19.3 Å². The van der Waals surface area contributed by atoms with Gasteiger partial charge in [-0.1, -0.05) is 189 Å². The Morgan fingerprint density at radius 1 is 0.333 bits per heavy atom. The van der Waals surface area contributed by atoms with Crippen molar-refractivity contribution in [2.45, 2.75) is 245 Å². The maximum atomic E-state index is 12.8. The molecular formula is C57H96O6. The SMILES string of the molecule is CC/C=C\C/C=C\C/C=C\CCCCCC(=O)OCC(COC(=O)CCCCCCCCC/C=C\C/C=C\CCCCC)OC(=O)CCCCCCC/C=C\C/C=C\CCCCC. The van der Waals surface area contributed by atoms with E-state index in [0.717, 1.165) is 122 Å². The van der Waals surface area contributed by atoms with Crippen molar-refractivity contribution in [1.82, 2.24) is 0 Å². The molecule has 0 aromatic heterocycles. The van der Waals surface area contributed by atoms with Gasteiger partial charge in [0.05, 0.1) is 0 Å². The number of carbonyl (C=O) groups is 3. The van der Waals surface area contributed by atoms with Crippen LogP contribution in [0.2, 0.25) is 0 Å². The molecule has 0 bridgehead atoms. The van der Waals surface area contributed by atoms with Crippen molar-refractivity contribution in [2.75, 3.05) is 13.2 Å². The first-order valence-electron chi connectivity index (χ1n) is 26.1. The lowest BCUT2D eigenvalue weighted by Gasteiger charge is -2.18. The van der Waals surface area contributed by atoms with E-state index in [1.165, 1.54) is 77.0 Å². The Morgan fingerprint density at radius 3 is 0.984 bits per heavy atom. The Bertz CT molecular complexity index is 1240. The topological polar surface area (TPSA) is 78.9 Å². The number of hydrogen-bond donors (Lipinski definition) is 0. The van der Waals surface area contributed by atoms with Crippen LogP contribution in [0.15, 0.2) is 85.1 Å². The molecule has 0 rings (SSSR count). The fourth-order valence-corrected chi connectivity index (χ4v) is 6.93. The van der Waals surface area contributed by atoms with Crippen LogP contribution in [-0.4, -0.2) is 37.2 Å². The summed E-state index contributed by atoms with van der Waals surface area (Å²) in [5, 5.41) is 0. The lowest BCUT2D eigenvalue weighted by molar-refractivity contribution is -0.167. The molecule has 0 aromatic carbocycles. The van der Waals surface area contributed by atoms with Gasteiger partial charge in [-0.2, -0.15) is 0 Å². The van der Waals surface area contributed by atoms with E-state index in [1.54, 1.807) is 0 Å². The highest BCUT2D eigenvalue weighted by molar-refractivity contribution is 5.71. The predicted octanol–water partition coefficient (Wildman–Crippen LogP) is 17.2. The first-order valence-corrected chi connectivity index (χ1v) is 26.1. The zero-order valence-electron chi connectivity index (χ0n) is 41.1. The molecule has 0 saturated carbocycles. The average Bonchev–Trinajstić information content (AvgIpc) is 3.28. The van der Waals surface area contributed by atoms with Crippen LogP contribution in [0.5, 0.6) is 0 Å². The second-order valence-electron chi connectivity index (χ2n) is 17.0. The fourth-order valence-electron chi connectivity index (χ4n) is 6.93. The van der Waals surface area contributed by atoms with E-state index in [-0.39, 0.29) is 31.1 Å². The van der Waals surface area contributed by atoms with Gasteiger partial charge in [-0.3, -0.25) is 14.4 Å². The summed E-state index contributed by atoms with van der Waals surface area (Å²) < 4.78 is 16.8. The van der Waals surface area contributed by atoms with Crippen molar-refractivity contribution in [3.05, 3.63) is 85.1 Å². The molecule has 0 aliphatic heterocycles. The van der Waals surface area contributed by atoms with Gasteiger partial charge in [0.2, 0.25) is 0 Å². The molecule has 6 heteroatoms. The Balaban J connectivity index is 4.45. The van der Waals surface area contributed by atoms with Gasteiger partial charge in [0.1, 0.15) is 13.2 Å². The highest BCUT2D eigenvalue weighted by Gasteiger charge is 2.19. The number of hydrogen-bond acceptors (Lipinski definition) is 6. The summed E-state index contributed by atoms with van der Waals surface area (Å²) in [6.45, 7) is 6.42.